The number of nitrogens with two attached hydrogens (primary N) is 1. The Hall–Kier alpha value is -1.88. The largest absolute Gasteiger partial charge is 0.369 e. The Bertz CT molecular complexity index is 499. The van der Waals surface area contributed by atoms with Gasteiger partial charge in [-0.2, -0.15) is 0 Å². The molecule has 0 radical (unpaired) electrons. The number of nitrogens with zero attached hydrogens (tertiary/aromatic N) is 1. The molecule has 1 heterocycles. The van der Waals surface area contributed by atoms with Gasteiger partial charge in [0.25, 0.3) is 0 Å². The Kier molecular flexibility index (Phi) is 4.16. The van der Waals surface area contributed by atoms with Gasteiger partial charge in [0, 0.05) is 18.7 Å². The van der Waals surface area contributed by atoms with E-state index in [4.69, 9.17) is 5.73 Å². The summed E-state index contributed by atoms with van der Waals surface area (Å²) in [5.41, 5.74) is 8.47. The molecular formula is C14H19N3O2. The van der Waals surface area contributed by atoms with Gasteiger partial charge in [0.15, 0.2) is 0 Å². The molecule has 5 nitrogen and oxygen atoms in total. The van der Waals surface area contributed by atoms with Gasteiger partial charge in [0.2, 0.25) is 11.8 Å². The number of primary amides is 1. The van der Waals surface area contributed by atoms with Crippen molar-refractivity contribution in [2.75, 3.05) is 25.5 Å². The number of likely N-dealkylation sites (N-methyl/N-ethyl adjacent to an activating group) is 1. The summed E-state index contributed by atoms with van der Waals surface area (Å²) in [5, 5.41) is 2.87. The van der Waals surface area contributed by atoms with Gasteiger partial charge in [-0.1, -0.05) is 12.1 Å². The lowest BCUT2D eigenvalue weighted by atomic mass is 9.99. The van der Waals surface area contributed by atoms with E-state index in [2.05, 4.69) is 11.4 Å². The number of benzene rings is 1. The summed E-state index contributed by atoms with van der Waals surface area (Å²) in [6.07, 6.45) is 2.22. The highest BCUT2D eigenvalue weighted by Gasteiger charge is 2.14. The number of anilines is 1. The second-order valence-electron chi connectivity index (χ2n) is 4.99. The normalized spacial score (nSPS) is 14.1. The van der Waals surface area contributed by atoms with E-state index in [1.165, 1.54) is 11.1 Å². The Morgan fingerprint density at radius 2 is 2.21 bits per heavy atom. The second-order valence-corrected chi connectivity index (χ2v) is 4.99. The Morgan fingerprint density at radius 1 is 1.42 bits per heavy atom. The van der Waals surface area contributed by atoms with Crippen LogP contribution < -0.4 is 11.1 Å². The van der Waals surface area contributed by atoms with Crippen molar-refractivity contribution in [3.05, 3.63) is 29.3 Å². The van der Waals surface area contributed by atoms with Gasteiger partial charge in [-0.15, -0.1) is 0 Å². The molecular weight excluding hydrogens is 242 g/mol. The zero-order valence-corrected chi connectivity index (χ0v) is 11.1. The highest BCUT2D eigenvalue weighted by Crippen LogP contribution is 2.23. The van der Waals surface area contributed by atoms with Crippen LogP contribution in [0.5, 0.6) is 0 Å². The zero-order valence-electron chi connectivity index (χ0n) is 11.1. The summed E-state index contributed by atoms with van der Waals surface area (Å²) >= 11 is 0. The van der Waals surface area contributed by atoms with Gasteiger partial charge in [-0.3, -0.25) is 14.5 Å². The molecule has 1 aliphatic heterocycles. The summed E-state index contributed by atoms with van der Waals surface area (Å²) < 4.78 is 0. The van der Waals surface area contributed by atoms with E-state index >= 15 is 0 Å². The van der Waals surface area contributed by atoms with Gasteiger partial charge in [0.1, 0.15) is 0 Å². The van der Waals surface area contributed by atoms with Crippen LogP contribution in [0, 0.1) is 0 Å². The van der Waals surface area contributed by atoms with Crippen molar-refractivity contribution in [2.24, 2.45) is 5.73 Å². The predicted molar refractivity (Wildman–Crippen MR) is 73.8 cm³/mol. The summed E-state index contributed by atoms with van der Waals surface area (Å²) in [5.74, 6) is -0.225. The third-order valence-electron chi connectivity index (χ3n) is 3.27. The van der Waals surface area contributed by atoms with Crippen molar-refractivity contribution in [3.63, 3.8) is 0 Å². The van der Waals surface area contributed by atoms with E-state index < -0.39 is 0 Å². The molecule has 0 atom stereocenters. The average Bonchev–Trinajstić information content (AvgIpc) is 2.35. The Balaban J connectivity index is 1.95. The van der Waals surface area contributed by atoms with Crippen LogP contribution in [-0.4, -0.2) is 36.9 Å². The third-order valence-corrected chi connectivity index (χ3v) is 3.27. The summed E-state index contributed by atoms with van der Waals surface area (Å²) in [7, 11) is 1.88. The van der Waals surface area contributed by atoms with Crippen LogP contribution in [0.15, 0.2) is 18.2 Å². The maximum atomic E-state index is 11.3. The van der Waals surface area contributed by atoms with Crippen molar-refractivity contribution >= 4 is 17.5 Å². The minimum Gasteiger partial charge on any atom is -0.369 e. The first-order valence-corrected chi connectivity index (χ1v) is 6.43. The maximum Gasteiger partial charge on any atom is 0.231 e. The fourth-order valence-electron chi connectivity index (χ4n) is 2.26. The van der Waals surface area contributed by atoms with Crippen LogP contribution in [0.2, 0.25) is 0 Å². The van der Waals surface area contributed by atoms with Gasteiger partial charge in [-0.05, 0) is 37.1 Å². The van der Waals surface area contributed by atoms with Crippen LogP contribution >= 0.6 is 0 Å². The summed E-state index contributed by atoms with van der Waals surface area (Å²) in [6.45, 7) is 1.06. The number of hydrogen-bond acceptors (Lipinski definition) is 3. The highest BCUT2D eigenvalue weighted by atomic mass is 16.2. The fourth-order valence-corrected chi connectivity index (χ4v) is 2.26. The Morgan fingerprint density at radius 3 is 2.95 bits per heavy atom. The third kappa shape index (κ3) is 3.79. The predicted octanol–water partition coefficient (Wildman–Crippen LogP) is 0.531. The van der Waals surface area contributed by atoms with Gasteiger partial charge in [0.05, 0.1) is 6.54 Å². The molecule has 5 heteroatoms. The molecule has 1 aliphatic rings. The maximum absolute atomic E-state index is 11.3. The number of carbonyl (C=O) groups excluding carboxylic acids is 2. The summed E-state index contributed by atoms with van der Waals surface area (Å²) in [4.78, 5) is 24.0. The van der Waals surface area contributed by atoms with Crippen molar-refractivity contribution < 1.29 is 9.59 Å². The molecule has 1 aromatic carbocycles. The van der Waals surface area contributed by atoms with Crippen LogP contribution in [-0.2, 0) is 22.4 Å². The lowest BCUT2D eigenvalue weighted by molar-refractivity contribution is -0.119. The van der Waals surface area contributed by atoms with Crippen molar-refractivity contribution in [2.45, 2.75) is 19.3 Å². The number of rotatable bonds is 5. The van der Waals surface area contributed by atoms with Crippen LogP contribution in [0.1, 0.15) is 17.5 Å². The molecule has 0 unspecified atom stereocenters. The lowest BCUT2D eigenvalue weighted by Crippen LogP contribution is -2.32. The number of aryl methyl sites for hydroxylation is 1. The average molecular weight is 261 g/mol. The highest BCUT2D eigenvalue weighted by molar-refractivity contribution is 5.93. The number of nitrogens with one attached hydrogen (secondary N) is 1. The topological polar surface area (TPSA) is 75.4 Å². The molecule has 19 heavy (non-hydrogen) atoms. The van der Waals surface area contributed by atoms with Crippen molar-refractivity contribution in [1.29, 1.82) is 0 Å². The monoisotopic (exact) mass is 261 g/mol. The minimum absolute atomic E-state index is 0.0847. The molecule has 1 aromatic rings. The molecule has 2 rings (SSSR count). The van der Waals surface area contributed by atoms with E-state index in [1.54, 1.807) is 0 Å². The van der Waals surface area contributed by atoms with Gasteiger partial charge >= 0.3 is 0 Å². The SMILES string of the molecule is CN(CCc1ccc2c(c1)CCC(=O)N2)CC(N)=O. The van der Waals surface area contributed by atoms with Crippen molar-refractivity contribution in [3.8, 4) is 0 Å². The van der Waals surface area contributed by atoms with Crippen molar-refractivity contribution in [1.82, 2.24) is 4.90 Å². The van der Waals surface area contributed by atoms with Crippen LogP contribution in [0.4, 0.5) is 5.69 Å². The molecule has 0 saturated heterocycles. The minimum atomic E-state index is -0.310. The smallest absolute Gasteiger partial charge is 0.231 e. The molecule has 0 spiro atoms. The molecule has 0 saturated carbocycles. The van der Waals surface area contributed by atoms with E-state index in [1.807, 2.05) is 24.1 Å². The first-order chi connectivity index (χ1) is 9.04. The number of fused-ring (bicyclic) bond motifs is 1. The fraction of sp³-hybridized carbons (Fsp3) is 0.429. The molecule has 0 aromatic heterocycles. The number of amides is 2. The molecule has 0 bridgehead atoms. The standard InChI is InChI=1S/C14H19N3O2/c1-17(9-13(15)18)7-6-10-2-4-12-11(8-10)3-5-14(19)16-12/h2,4,8H,3,5-7,9H2,1H3,(H2,15,18)(H,16,19). The number of carbonyl (C=O) groups is 2. The number of hydrogen-bond donors (Lipinski definition) is 2. The molecule has 0 fully saturated rings. The molecule has 3 N–H and O–H groups in total. The van der Waals surface area contributed by atoms with E-state index in [9.17, 15) is 9.59 Å². The summed E-state index contributed by atoms with van der Waals surface area (Å²) in [6, 6.07) is 6.10. The first-order valence-electron chi connectivity index (χ1n) is 6.43. The molecule has 0 aliphatic carbocycles. The van der Waals surface area contributed by atoms with Crippen LogP contribution in [0.25, 0.3) is 0 Å². The van der Waals surface area contributed by atoms with Crippen LogP contribution in [0.3, 0.4) is 0 Å². The second kappa shape index (κ2) is 5.84. The lowest BCUT2D eigenvalue weighted by Gasteiger charge is -2.18. The van der Waals surface area contributed by atoms with E-state index in [0.29, 0.717) is 6.42 Å². The van der Waals surface area contributed by atoms with Gasteiger partial charge in [-0.25, -0.2) is 0 Å². The molecule has 2 amide bonds. The molecule has 102 valence electrons. The van der Waals surface area contributed by atoms with Gasteiger partial charge < -0.3 is 11.1 Å². The first kappa shape index (κ1) is 13.5. The van der Waals surface area contributed by atoms with E-state index in [-0.39, 0.29) is 18.4 Å². The quantitative estimate of drug-likeness (QED) is 0.812. The Labute approximate surface area is 112 Å². The van der Waals surface area contributed by atoms with E-state index in [0.717, 1.165) is 25.1 Å². The zero-order chi connectivity index (χ0) is 13.8.